The van der Waals surface area contributed by atoms with Crippen LogP contribution in [-0.4, -0.2) is 7.11 Å². The molecule has 1 aliphatic rings. The van der Waals surface area contributed by atoms with E-state index in [-0.39, 0.29) is 22.8 Å². The van der Waals surface area contributed by atoms with Gasteiger partial charge in [0, 0.05) is 11.1 Å². The van der Waals surface area contributed by atoms with Crippen molar-refractivity contribution in [3.8, 4) is 16.9 Å². The van der Waals surface area contributed by atoms with Crippen LogP contribution < -0.4 is 4.74 Å². The number of ether oxygens (including phenoxy) is 1. The molecule has 0 aliphatic heterocycles. The predicted octanol–water partition coefficient (Wildman–Crippen LogP) is 9.94. The molecule has 0 N–H and O–H groups in total. The Morgan fingerprint density at radius 3 is 2.16 bits per heavy atom. The summed E-state index contributed by atoms with van der Waals surface area (Å²) in [5, 5.41) is 0. The van der Waals surface area contributed by atoms with Gasteiger partial charge in [-0.1, -0.05) is 81.2 Å². The van der Waals surface area contributed by atoms with Crippen molar-refractivity contribution < 1.29 is 22.3 Å². The summed E-state index contributed by atoms with van der Waals surface area (Å²) in [6.45, 7) is 2.21. The smallest absolute Gasteiger partial charge is 0.201 e. The van der Waals surface area contributed by atoms with Crippen LogP contribution in [0.3, 0.4) is 0 Å². The van der Waals surface area contributed by atoms with E-state index in [1.807, 2.05) is 0 Å². The summed E-state index contributed by atoms with van der Waals surface area (Å²) in [4.78, 5) is 0. The first-order valence-corrected chi connectivity index (χ1v) is 13.2. The van der Waals surface area contributed by atoms with E-state index in [9.17, 15) is 8.78 Å². The van der Waals surface area contributed by atoms with Crippen molar-refractivity contribution in [2.24, 2.45) is 5.92 Å². The number of methoxy groups -OCH3 is 1. The van der Waals surface area contributed by atoms with Gasteiger partial charge in [0.1, 0.15) is 0 Å². The van der Waals surface area contributed by atoms with Crippen LogP contribution in [-0.2, 0) is 0 Å². The van der Waals surface area contributed by atoms with Crippen molar-refractivity contribution in [3.63, 3.8) is 0 Å². The topological polar surface area (TPSA) is 9.23 Å². The van der Waals surface area contributed by atoms with Crippen LogP contribution in [0, 0.1) is 29.2 Å². The molecule has 1 saturated carbocycles. The maximum atomic E-state index is 15.1. The van der Waals surface area contributed by atoms with E-state index in [1.54, 1.807) is 42.5 Å². The Morgan fingerprint density at radius 1 is 0.757 bits per heavy atom. The fourth-order valence-electron chi connectivity index (χ4n) is 5.34. The second kappa shape index (κ2) is 12.4. The standard InChI is InChI=1S/C32H34F4O/c1-3-4-5-6-21-7-12-23(13-8-21)26-18-19-27(31(35)30(26)34)24-14-9-22(10-15-24)11-16-25-17-20-28(37-2)32(36)29(25)33/h9-11,14-21,23H,3-8,12-13H2,1-2H3. The van der Waals surface area contributed by atoms with Gasteiger partial charge < -0.3 is 4.74 Å². The zero-order chi connectivity index (χ0) is 26.4. The molecular weight excluding hydrogens is 476 g/mol. The van der Waals surface area contributed by atoms with Gasteiger partial charge in [0.05, 0.1) is 7.11 Å². The minimum atomic E-state index is -1.04. The maximum absolute atomic E-state index is 15.1. The summed E-state index contributed by atoms with van der Waals surface area (Å²) in [5.74, 6) is -2.97. The molecule has 0 spiro atoms. The lowest BCUT2D eigenvalue weighted by molar-refractivity contribution is 0.298. The van der Waals surface area contributed by atoms with Crippen LogP contribution in [0.4, 0.5) is 17.6 Å². The second-order valence-corrected chi connectivity index (χ2v) is 9.98. The van der Waals surface area contributed by atoms with Crippen molar-refractivity contribution in [1.29, 1.82) is 0 Å². The molecule has 0 atom stereocenters. The van der Waals surface area contributed by atoms with Crippen LogP contribution in [0.25, 0.3) is 23.3 Å². The van der Waals surface area contributed by atoms with E-state index in [0.29, 0.717) is 22.6 Å². The highest BCUT2D eigenvalue weighted by Crippen LogP contribution is 2.40. The average Bonchev–Trinajstić information content (AvgIpc) is 2.92. The van der Waals surface area contributed by atoms with Gasteiger partial charge in [-0.25, -0.2) is 13.2 Å². The number of hydrogen-bond acceptors (Lipinski definition) is 1. The lowest BCUT2D eigenvalue weighted by Crippen LogP contribution is -2.15. The van der Waals surface area contributed by atoms with Crippen LogP contribution in [0.2, 0.25) is 0 Å². The molecule has 1 fully saturated rings. The third kappa shape index (κ3) is 6.26. The molecule has 5 heteroatoms. The highest BCUT2D eigenvalue weighted by Gasteiger charge is 2.26. The van der Waals surface area contributed by atoms with Gasteiger partial charge in [-0.3, -0.25) is 0 Å². The monoisotopic (exact) mass is 510 g/mol. The Labute approximate surface area is 217 Å². The number of benzene rings is 3. The molecule has 0 bridgehead atoms. The first-order valence-electron chi connectivity index (χ1n) is 13.2. The van der Waals surface area contributed by atoms with E-state index in [4.69, 9.17) is 4.74 Å². The van der Waals surface area contributed by atoms with Gasteiger partial charge in [0.15, 0.2) is 23.2 Å². The Balaban J connectivity index is 1.44. The molecule has 1 nitrogen and oxygen atoms in total. The van der Waals surface area contributed by atoms with E-state index in [1.165, 1.54) is 51.0 Å². The van der Waals surface area contributed by atoms with E-state index in [0.717, 1.165) is 25.7 Å². The Hall–Kier alpha value is -3.08. The predicted molar refractivity (Wildman–Crippen MR) is 142 cm³/mol. The molecule has 3 aromatic rings. The highest BCUT2D eigenvalue weighted by atomic mass is 19.2. The first-order chi connectivity index (χ1) is 17.9. The van der Waals surface area contributed by atoms with Crippen molar-refractivity contribution in [3.05, 3.63) is 88.5 Å². The number of rotatable bonds is 9. The number of unbranched alkanes of at least 4 members (excludes halogenated alkanes) is 2. The molecule has 0 aromatic heterocycles. The molecule has 37 heavy (non-hydrogen) atoms. The Bertz CT molecular complexity index is 1220. The van der Waals surface area contributed by atoms with Crippen molar-refractivity contribution in [2.45, 2.75) is 64.2 Å². The van der Waals surface area contributed by atoms with Crippen molar-refractivity contribution >= 4 is 12.2 Å². The molecule has 0 unspecified atom stereocenters. The third-order valence-electron chi connectivity index (χ3n) is 7.59. The SMILES string of the molecule is CCCCCC1CCC(c2ccc(-c3ccc(C=Cc4ccc(OC)c(F)c4F)cc3)c(F)c2F)CC1. The van der Waals surface area contributed by atoms with Gasteiger partial charge in [-0.15, -0.1) is 0 Å². The Morgan fingerprint density at radius 2 is 1.49 bits per heavy atom. The summed E-state index contributed by atoms with van der Waals surface area (Å²) >= 11 is 0. The second-order valence-electron chi connectivity index (χ2n) is 9.98. The van der Waals surface area contributed by atoms with Crippen LogP contribution in [0.5, 0.6) is 5.75 Å². The summed E-state index contributed by atoms with van der Waals surface area (Å²) in [6, 6.07) is 13.1. The third-order valence-corrected chi connectivity index (χ3v) is 7.59. The zero-order valence-electron chi connectivity index (χ0n) is 21.5. The average molecular weight is 511 g/mol. The van der Waals surface area contributed by atoms with E-state index in [2.05, 4.69) is 6.92 Å². The molecule has 0 saturated heterocycles. The van der Waals surface area contributed by atoms with Gasteiger partial charge in [0.2, 0.25) is 5.82 Å². The normalized spacial score (nSPS) is 17.9. The van der Waals surface area contributed by atoms with E-state index < -0.39 is 23.3 Å². The highest BCUT2D eigenvalue weighted by molar-refractivity contribution is 5.73. The molecular formula is C32H34F4O. The maximum Gasteiger partial charge on any atom is 0.201 e. The summed E-state index contributed by atoms with van der Waals surface area (Å²) in [5.41, 5.74) is 2.06. The molecule has 1 aliphatic carbocycles. The summed E-state index contributed by atoms with van der Waals surface area (Å²) in [6.07, 6.45) is 12.1. The number of hydrogen-bond donors (Lipinski definition) is 0. The lowest BCUT2D eigenvalue weighted by atomic mass is 9.76. The fraction of sp³-hybridized carbons (Fsp3) is 0.375. The van der Waals surface area contributed by atoms with Gasteiger partial charge >= 0.3 is 0 Å². The molecule has 3 aromatic carbocycles. The largest absolute Gasteiger partial charge is 0.494 e. The molecule has 4 rings (SSSR count). The molecule has 0 heterocycles. The van der Waals surface area contributed by atoms with Crippen LogP contribution >= 0.6 is 0 Å². The lowest BCUT2D eigenvalue weighted by Gasteiger charge is -2.29. The van der Waals surface area contributed by atoms with Gasteiger partial charge in [-0.2, -0.15) is 4.39 Å². The fourth-order valence-corrected chi connectivity index (χ4v) is 5.34. The first kappa shape index (κ1) is 27.0. The van der Waals surface area contributed by atoms with Crippen molar-refractivity contribution in [1.82, 2.24) is 0 Å². The van der Waals surface area contributed by atoms with Crippen LogP contribution in [0.1, 0.15) is 80.9 Å². The van der Waals surface area contributed by atoms with Gasteiger partial charge in [-0.05, 0) is 66.3 Å². The van der Waals surface area contributed by atoms with Crippen LogP contribution in [0.15, 0.2) is 48.5 Å². The van der Waals surface area contributed by atoms with Gasteiger partial charge in [0.25, 0.3) is 0 Å². The minimum Gasteiger partial charge on any atom is -0.494 e. The minimum absolute atomic E-state index is 0.0710. The molecule has 0 amide bonds. The Kier molecular flexibility index (Phi) is 9.07. The zero-order valence-corrected chi connectivity index (χ0v) is 21.5. The summed E-state index contributed by atoms with van der Waals surface area (Å²) in [7, 11) is 1.28. The molecule has 0 radical (unpaired) electrons. The number of halogens is 4. The quantitative estimate of drug-likeness (QED) is 0.158. The van der Waals surface area contributed by atoms with Crippen molar-refractivity contribution in [2.75, 3.05) is 7.11 Å². The summed E-state index contributed by atoms with van der Waals surface area (Å²) < 4.78 is 63.1. The van der Waals surface area contributed by atoms with E-state index >= 15 is 8.78 Å². The molecule has 196 valence electrons.